The lowest BCUT2D eigenvalue weighted by molar-refractivity contribution is 0.0841. The Morgan fingerprint density at radius 2 is 2.04 bits per heavy atom. The number of amides is 1. The molecule has 2 N–H and O–H groups in total. The first-order valence-electron chi connectivity index (χ1n) is 7.59. The number of carbonyl (C=O) groups excluding carboxylic acids is 1. The minimum Gasteiger partial charge on any atom is -0.491 e. The number of hydrogen-bond acceptors (Lipinski definition) is 5. The number of aryl methyl sites for hydroxylation is 1. The van der Waals surface area contributed by atoms with Gasteiger partial charge in [0.2, 0.25) is 0 Å². The average molecular weight is 318 g/mol. The van der Waals surface area contributed by atoms with E-state index in [0.29, 0.717) is 22.8 Å². The summed E-state index contributed by atoms with van der Waals surface area (Å²) in [4.78, 5) is 12.3. The molecule has 0 aliphatic carbocycles. The Kier molecular flexibility index (Phi) is 5.76. The van der Waals surface area contributed by atoms with Gasteiger partial charge in [0, 0.05) is 12.5 Å². The number of rotatable bonds is 7. The van der Waals surface area contributed by atoms with Crippen molar-refractivity contribution >= 4 is 5.91 Å². The number of hydrogen-bond donors (Lipinski definition) is 2. The summed E-state index contributed by atoms with van der Waals surface area (Å²) in [5, 5.41) is 16.5. The minimum atomic E-state index is -0.804. The van der Waals surface area contributed by atoms with Crippen LogP contribution in [0, 0.1) is 6.92 Å². The van der Waals surface area contributed by atoms with Crippen LogP contribution in [0.5, 0.6) is 5.75 Å². The summed E-state index contributed by atoms with van der Waals surface area (Å²) < 4.78 is 10.6. The average Bonchev–Trinajstić information content (AvgIpc) is 2.93. The van der Waals surface area contributed by atoms with Gasteiger partial charge in [0.1, 0.15) is 24.0 Å². The van der Waals surface area contributed by atoms with E-state index in [-0.39, 0.29) is 25.0 Å². The fourth-order valence-electron chi connectivity index (χ4n) is 2.12. The summed E-state index contributed by atoms with van der Waals surface area (Å²) in [6.45, 7) is 5.77. The Labute approximate surface area is 135 Å². The second-order valence-electron chi connectivity index (χ2n) is 5.65. The molecule has 23 heavy (non-hydrogen) atoms. The van der Waals surface area contributed by atoms with Gasteiger partial charge in [-0.3, -0.25) is 4.79 Å². The SMILES string of the molecule is Cc1noc(C(C)C)c1C(=O)NC[C@H](O)COc1ccccc1. The zero-order chi connectivity index (χ0) is 16.8. The summed E-state index contributed by atoms with van der Waals surface area (Å²) in [6, 6.07) is 9.20. The number of nitrogens with one attached hydrogen (secondary N) is 1. The van der Waals surface area contributed by atoms with Gasteiger partial charge >= 0.3 is 0 Å². The van der Waals surface area contributed by atoms with Crippen LogP contribution in [-0.4, -0.2) is 35.4 Å². The lowest BCUT2D eigenvalue weighted by Crippen LogP contribution is -2.35. The second-order valence-corrected chi connectivity index (χ2v) is 5.65. The van der Waals surface area contributed by atoms with E-state index in [2.05, 4.69) is 10.5 Å². The highest BCUT2D eigenvalue weighted by Crippen LogP contribution is 2.21. The van der Waals surface area contributed by atoms with E-state index in [4.69, 9.17) is 9.26 Å². The smallest absolute Gasteiger partial charge is 0.256 e. The summed E-state index contributed by atoms with van der Waals surface area (Å²) in [5.74, 6) is 0.986. The first-order valence-corrected chi connectivity index (χ1v) is 7.59. The Morgan fingerprint density at radius 3 is 2.70 bits per heavy atom. The maximum absolute atomic E-state index is 12.3. The molecule has 124 valence electrons. The molecule has 1 amide bonds. The van der Waals surface area contributed by atoms with Crippen LogP contribution in [0.15, 0.2) is 34.9 Å². The van der Waals surface area contributed by atoms with Crippen molar-refractivity contribution in [3.8, 4) is 5.75 Å². The Bertz CT molecular complexity index is 637. The number of carbonyl (C=O) groups is 1. The van der Waals surface area contributed by atoms with E-state index in [1.54, 1.807) is 19.1 Å². The maximum atomic E-state index is 12.3. The van der Waals surface area contributed by atoms with Gasteiger partial charge in [-0.1, -0.05) is 37.2 Å². The number of ether oxygens (including phenoxy) is 1. The van der Waals surface area contributed by atoms with Gasteiger partial charge in [-0.15, -0.1) is 0 Å². The van der Waals surface area contributed by atoms with Gasteiger partial charge in [-0.05, 0) is 19.1 Å². The molecule has 0 saturated heterocycles. The van der Waals surface area contributed by atoms with Crippen LogP contribution in [0.3, 0.4) is 0 Å². The van der Waals surface area contributed by atoms with Crippen LogP contribution in [0.25, 0.3) is 0 Å². The fraction of sp³-hybridized carbons (Fsp3) is 0.412. The molecule has 6 heteroatoms. The van der Waals surface area contributed by atoms with Gasteiger partial charge in [-0.25, -0.2) is 0 Å². The van der Waals surface area contributed by atoms with E-state index in [0.717, 1.165) is 0 Å². The third-order valence-electron chi connectivity index (χ3n) is 3.32. The molecule has 1 aromatic heterocycles. The predicted molar refractivity (Wildman–Crippen MR) is 85.6 cm³/mol. The van der Waals surface area contributed by atoms with Crippen molar-refractivity contribution in [3.63, 3.8) is 0 Å². The van der Waals surface area contributed by atoms with Crippen LogP contribution >= 0.6 is 0 Å². The molecule has 0 fully saturated rings. The third-order valence-corrected chi connectivity index (χ3v) is 3.32. The molecule has 1 aromatic carbocycles. The zero-order valence-corrected chi connectivity index (χ0v) is 13.6. The fourth-order valence-corrected chi connectivity index (χ4v) is 2.12. The molecule has 0 saturated carbocycles. The lowest BCUT2D eigenvalue weighted by atomic mass is 10.0. The molecule has 0 bridgehead atoms. The number of benzene rings is 1. The van der Waals surface area contributed by atoms with Gasteiger partial charge in [0.05, 0.1) is 5.69 Å². The minimum absolute atomic E-state index is 0.0586. The Morgan fingerprint density at radius 1 is 1.35 bits per heavy atom. The van der Waals surface area contributed by atoms with Crippen molar-refractivity contribution in [1.82, 2.24) is 10.5 Å². The summed E-state index contributed by atoms with van der Waals surface area (Å²) in [6.07, 6.45) is -0.804. The van der Waals surface area contributed by atoms with Crippen molar-refractivity contribution < 1.29 is 19.2 Å². The molecule has 0 radical (unpaired) electrons. The predicted octanol–water partition coefficient (Wildman–Crippen LogP) is 2.28. The monoisotopic (exact) mass is 318 g/mol. The second kappa shape index (κ2) is 7.78. The molecule has 0 aliphatic heterocycles. The van der Waals surface area contributed by atoms with Crippen LogP contribution < -0.4 is 10.1 Å². The van der Waals surface area contributed by atoms with Crippen molar-refractivity contribution in [3.05, 3.63) is 47.3 Å². The first kappa shape index (κ1) is 17.0. The van der Waals surface area contributed by atoms with E-state index in [1.807, 2.05) is 32.0 Å². The molecule has 2 aromatic rings. The van der Waals surface area contributed by atoms with E-state index in [9.17, 15) is 9.90 Å². The van der Waals surface area contributed by atoms with Gasteiger partial charge < -0.3 is 19.7 Å². The highest BCUT2D eigenvalue weighted by molar-refractivity contribution is 5.96. The maximum Gasteiger partial charge on any atom is 0.256 e. The normalized spacial score (nSPS) is 12.2. The third kappa shape index (κ3) is 4.56. The Hall–Kier alpha value is -2.34. The van der Waals surface area contributed by atoms with Gasteiger partial charge in [0.25, 0.3) is 5.91 Å². The van der Waals surface area contributed by atoms with Crippen molar-refractivity contribution in [1.29, 1.82) is 0 Å². The topological polar surface area (TPSA) is 84.6 Å². The molecule has 1 atom stereocenters. The number of aliphatic hydroxyl groups is 1. The largest absolute Gasteiger partial charge is 0.491 e. The van der Waals surface area contributed by atoms with E-state index >= 15 is 0 Å². The standard InChI is InChI=1S/C17H22N2O4/c1-11(2)16-15(12(3)19-23-16)17(21)18-9-13(20)10-22-14-7-5-4-6-8-14/h4-8,11,13,20H,9-10H2,1-3H3,(H,18,21)/t13-/m0/s1. The summed E-state index contributed by atoms with van der Waals surface area (Å²) >= 11 is 0. The molecule has 0 aliphatic rings. The summed E-state index contributed by atoms with van der Waals surface area (Å²) in [7, 11) is 0. The molecule has 6 nitrogen and oxygen atoms in total. The van der Waals surface area contributed by atoms with Crippen LogP contribution in [0.2, 0.25) is 0 Å². The van der Waals surface area contributed by atoms with E-state index < -0.39 is 6.10 Å². The molecule has 0 unspecified atom stereocenters. The molecular weight excluding hydrogens is 296 g/mol. The van der Waals surface area contributed by atoms with Crippen molar-refractivity contribution in [2.24, 2.45) is 0 Å². The molecular formula is C17H22N2O4. The van der Waals surface area contributed by atoms with Gasteiger partial charge in [-0.2, -0.15) is 0 Å². The summed E-state index contributed by atoms with van der Waals surface area (Å²) in [5.41, 5.74) is 0.984. The van der Waals surface area contributed by atoms with Crippen LogP contribution in [0.4, 0.5) is 0 Å². The number of para-hydroxylation sites is 1. The quantitative estimate of drug-likeness (QED) is 0.818. The highest BCUT2D eigenvalue weighted by Gasteiger charge is 2.22. The highest BCUT2D eigenvalue weighted by atomic mass is 16.5. The number of aromatic nitrogens is 1. The van der Waals surface area contributed by atoms with E-state index in [1.165, 1.54) is 0 Å². The van der Waals surface area contributed by atoms with Crippen LogP contribution in [0.1, 0.15) is 41.6 Å². The molecule has 0 spiro atoms. The van der Waals surface area contributed by atoms with Crippen LogP contribution in [-0.2, 0) is 0 Å². The van der Waals surface area contributed by atoms with Crippen molar-refractivity contribution in [2.75, 3.05) is 13.2 Å². The lowest BCUT2D eigenvalue weighted by Gasteiger charge is -2.13. The molecule has 2 rings (SSSR count). The first-order chi connectivity index (χ1) is 11.0. The number of aliphatic hydroxyl groups excluding tert-OH is 1. The number of nitrogens with zero attached hydrogens (tertiary/aromatic N) is 1. The molecule has 1 heterocycles. The van der Waals surface area contributed by atoms with Gasteiger partial charge in [0.15, 0.2) is 5.76 Å². The Balaban J connectivity index is 1.85. The van der Waals surface area contributed by atoms with Crippen molar-refractivity contribution in [2.45, 2.75) is 32.8 Å². The zero-order valence-electron chi connectivity index (χ0n) is 13.6.